The molecule has 1 N–H and O–H groups in total. The van der Waals surface area contributed by atoms with Crippen LogP contribution in [0.5, 0.6) is 0 Å². The Labute approximate surface area is 81.1 Å². The Morgan fingerprint density at radius 3 is 2.93 bits per heavy atom. The molecule has 0 aliphatic heterocycles. The molecule has 5 heteroatoms. The van der Waals surface area contributed by atoms with E-state index in [1.807, 2.05) is 0 Å². The minimum Gasteiger partial charge on any atom is -0.481 e. The summed E-state index contributed by atoms with van der Waals surface area (Å²) in [6.45, 7) is 2.07. The van der Waals surface area contributed by atoms with Crippen molar-refractivity contribution in [2.45, 2.75) is 38.0 Å². The predicted octanol–water partition coefficient (Wildman–Crippen LogP) is 1.14. The maximum atomic E-state index is 10.3. The molecule has 0 saturated heterocycles. The summed E-state index contributed by atoms with van der Waals surface area (Å²) in [5.74, 6) is 0.308. The van der Waals surface area contributed by atoms with Gasteiger partial charge in [0.1, 0.15) is 0 Å². The molecule has 1 aromatic rings. The van der Waals surface area contributed by atoms with Gasteiger partial charge in [0.15, 0.2) is 5.82 Å². The van der Waals surface area contributed by atoms with Crippen molar-refractivity contribution in [3.8, 4) is 0 Å². The van der Waals surface area contributed by atoms with Crippen molar-refractivity contribution in [1.29, 1.82) is 0 Å². The van der Waals surface area contributed by atoms with Crippen molar-refractivity contribution in [1.82, 2.24) is 10.1 Å². The van der Waals surface area contributed by atoms with Crippen LogP contribution in [0.3, 0.4) is 0 Å². The average molecular weight is 196 g/mol. The van der Waals surface area contributed by atoms with Crippen molar-refractivity contribution in [3.63, 3.8) is 0 Å². The fourth-order valence-corrected chi connectivity index (χ4v) is 1.22. The molecule has 1 saturated carbocycles. The summed E-state index contributed by atoms with van der Waals surface area (Å²) in [7, 11) is 0. The smallest absolute Gasteiger partial charge is 0.303 e. The average Bonchev–Trinajstić information content (AvgIpc) is 2.70. The molecule has 1 heterocycles. The van der Waals surface area contributed by atoms with Crippen LogP contribution in [0, 0.1) is 0 Å². The number of carboxylic acid groups (broad SMARTS) is 1. The zero-order chi connectivity index (χ0) is 10.2. The van der Waals surface area contributed by atoms with Gasteiger partial charge in [-0.25, -0.2) is 0 Å². The molecule has 2 rings (SSSR count). The summed E-state index contributed by atoms with van der Waals surface area (Å²) in [5, 5.41) is 12.2. The molecule has 1 aromatic heterocycles. The molecule has 0 spiro atoms. The Bertz CT molecular complexity index is 355. The summed E-state index contributed by atoms with van der Waals surface area (Å²) in [6, 6.07) is 0. The van der Waals surface area contributed by atoms with Gasteiger partial charge in [-0.2, -0.15) is 4.98 Å². The minimum atomic E-state index is -0.839. The van der Waals surface area contributed by atoms with E-state index in [1.165, 1.54) is 0 Å². The topological polar surface area (TPSA) is 76.2 Å². The number of aryl methyl sites for hydroxylation is 1. The van der Waals surface area contributed by atoms with Crippen molar-refractivity contribution >= 4 is 5.97 Å². The van der Waals surface area contributed by atoms with Gasteiger partial charge in [0.05, 0.1) is 6.42 Å². The summed E-state index contributed by atoms with van der Waals surface area (Å²) in [6.07, 6.45) is 2.55. The number of carboxylic acids is 1. The number of hydrogen-bond donors (Lipinski definition) is 1. The largest absolute Gasteiger partial charge is 0.481 e. The van der Waals surface area contributed by atoms with Gasteiger partial charge < -0.3 is 9.63 Å². The zero-order valence-corrected chi connectivity index (χ0v) is 7.99. The Hall–Kier alpha value is -1.39. The number of aliphatic carboxylic acids is 1. The lowest BCUT2D eigenvalue weighted by Gasteiger charge is -1.96. The molecular weight excluding hydrogens is 184 g/mol. The molecule has 1 aliphatic rings. The van der Waals surface area contributed by atoms with Gasteiger partial charge in [-0.05, 0) is 12.8 Å². The molecular formula is C9H12N2O3. The Balaban J connectivity index is 1.99. The van der Waals surface area contributed by atoms with Crippen molar-refractivity contribution in [3.05, 3.63) is 11.7 Å². The molecule has 0 unspecified atom stereocenters. The van der Waals surface area contributed by atoms with Crippen molar-refractivity contribution < 1.29 is 14.4 Å². The van der Waals surface area contributed by atoms with E-state index in [0.717, 1.165) is 12.8 Å². The molecule has 0 amide bonds. The van der Waals surface area contributed by atoms with Gasteiger partial charge in [0, 0.05) is 11.8 Å². The Morgan fingerprint density at radius 1 is 1.64 bits per heavy atom. The molecule has 5 nitrogen and oxygen atoms in total. The van der Waals surface area contributed by atoms with E-state index in [1.54, 1.807) is 0 Å². The van der Waals surface area contributed by atoms with Crippen LogP contribution in [0.2, 0.25) is 0 Å². The van der Waals surface area contributed by atoms with Crippen LogP contribution in [0.15, 0.2) is 4.52 Å². The van der Waals surface area contributed by atoms with E-state index in [-0.39, 0.29) is 11.8 Å². The first-order valence-corrected chi connectivity index (χ1v) is 4.65. The fourth-order valence-electron chi connectivity index (χ4n) is 1.22. The van der Waals surface area contributed by atoms with Crippen LogP contribution in [-0.2, 0) is 16.6 Å². The van der Waals surface area contributed by atoms with E-state index < -0.39 is 5.97 Å². The maximum absolute atomic E-state index is 10.3. The van der Waals surface area contributed by atoms with Gasteiger partial charge in [-0.3, -0.25) is 4.79 Å². The SMILES string of the molecule is CC1(c2nc(CCC(=O)O)no2)CC1. The van der Waals surface area contributed by atoms with E-state index in [0.29, 0.717) is 18.1 Å². The molecule has 0 bridgehead atoms. The number of hydrogen-bond acceptors (Lipinski definition) is 4. The van der Waals surface area contributed by atoms with E-state index >= 15 is 0 Å². The normalized spacial score (nSPS) is 18.1. The highest BCUT2D eigenvalue weighted by Crippen LogP contribution is 2.46. The van der Waals surface area contributed by atoms with Crippen molar-refractivity contribution in [2.24, 2.45) is 0 Å². The monoisotopic (exact) mass is 196 g/mol. The number of carbonyl (C=O) groups is 1. The molecule has 14 heavy (non-hydrogen) atoms. The second kappa shape index (κ2) is 3.08. The molecule has 1 aliphatic carbocycles. The van der Waals surface area contributed by atoms with Crippen LogP contribution in [0.4, 0.5) is 0 Å². The first-order valence-electron chi connectivity index (χ1n) is 4.65. The lowest BCUT2D eigenvalue weighted by Crippen LogP contribution is -2.01. The quantitative estimate of drug-likeness (QED) is 0.781. The first-order chi connectivity index (χ1) is 6.60. The number of nitrogens with zero attached hydrogens (tertiary/aromatic N) is 2. The Kier molecular flexibility index (Phi) is 2.02. The van der Waals surface area contributed by atoms with Gasteiger partial charge >= 0.3 is 5.97 Å². The lowest BCUT2D eigenvalue weighted by atomic mass is 10.1. The third-order valence-electron chi connectivity index (χ3n) is 2.55. The Morgan fingerprint density at radius 2 is 2.36 bits per heavy atom. The minimum absolute atomic E-state index is 0.0513. The van der Waals surface area contributed by atoms with Crippen molar-refractivity contribution in [2.75, 3.05) is 0 Å². The highest BCUT2D eigenvalue weighted by atomic mass is 16.5. The van der Waals surface area contributed by atoms with Gasteiger partial charge in [-0.1, -0.05) is 12.1 Å². The van der Waals surface area contributed by atoms with Crippen LogP contribution >= 0.6 is 0 Å². The second-order valence-electron chi connectivity index (χ2n) is 3.97. The summed E-state index contributed by atoms with van der Waals surface area (Å²) < 4.78 is 5.07. The third kappa shape index (κ3) is 1.76. The first kappa shape index (κ1) is 9.18. The molecule has 1 fully saturated rings. The summed E-state index contributed by atoms with van der Waals surface area (Å²) in [5.41, 5.74) is 0.0640. The standard InChI is InChI=1S/C9H12N2O3/c1-9(4-5-9)8-10-6(11-14-8)2-3-7(12)13/h2-5H2,1H3,(H,12,13). The van der Waals surface area contributed by atoms with Crippen LogP contribution in [0.25, 0.3) is 0 Å². The van der Waals surface area contributed by atoms with Gasteiger partial charge in [0.2, 0.25) is 5.89 Å². The molecule has 0 atom stereocenters. The molecule has 0 aromatic carbocycles. The van der Waals surface area contributed by atoms with Gasteiger partial charge in [0.25, 0.3) is 0 Å². The van der Waals surface area contributed by atoms with E-state index in [9.17, 15) is 4.79 Å². The van der Waals surface area contributed by atoms with E-state index in [2.05, 4.69) is 17.1 Å². The van der Waals surface area contributed by atoms with Crippen LogP contribution < -0.4 is 0 Å². The predicted molar refractivity (Wildman–Crippen MR) is 46.8 cm³/mol. The summed E-state index contributed by atoms with van der Waals surface area (Å²) >= 11 is 0. The lowest BCUT2D eigenvalue weighted by molar-refractivity contribution is -0.137. The van der Waals surface area contributed by atoms with Crippen LogP contribution in [-0.4, -0.2) is 21.2 Å². The number of rotatable bonds is 4. The second-order valence-corrected chi connectivity index (χ2v) is 3.97. The number of aromatic nitrogens is 2. The molecule has 76 valence electrons. The highest BCUT2D eigenvalue weighted by Gasteiger charge is 2.44. The fraction of sp³-hybridized carbons (Fsp3) is 0.667. The third-order valence-corrected chi connectivity index (χ3v) is 2.55. The molecule has 0 radical (unpaired) electrons. The van der Waals surface area contributed by atoms with E-state index in [4.69, 9.17) is 9.63 Å². The van der Waals surface area contributed by atoms with Gasteiger partial charge in [-0.15, -0.1) is 0 Å². The van der Waals surface area contributed by atoms with Crippen LogP contribution in [0.1, 0.15) is 37.9 Å². The highest BCUT2D eigenvalue weighted by molar-refractivity contribution is 5.66. The maximum Gasteiger partial charge on any atom is 0.303 e. The zero-order valence-electron chi connectivity index (χ0n) is 7.99. The summed E-state index contributed by atoms with van der Waals surface area (Å²) in [4.78, 5) is 14.5.